The van der Waals surface area contributed by atoms with Crippen molar-refractivity contribution >= 4 is 11.8 Å². The molecule has 0 saturated carbocycles. The molecule has 3 nitrogen and oxygen atoms in total. The monoisotopic (exact) mass is 290 g/mol. The molecule has 0 spiro atoms. The number of benzene rings is 2. The van der Waals surface area contributed by atoms with Gasteiger partial charge in [0.15, 0.2) is 0 Å². The second kappa shape index (κ2) is 7.70. The summed E-state index contributed by atoms with van der Waals surface area (Å²) >= 11 is 1.70. The minimum absolute atomic E-state index is 0.292. The molecule has 0 aliphatic rings. The summed E-state index contributed by atoms with van der Waals surface area (Å²) in [6, 6.07) is 14.8. The Bertz CT molecular complexity index is 508. The smallest absolute Gasteiger partial charge is 0.119 e. The number of aromatic hydroxyl groups is 1. The van der Waals surface area contributed by atoms with E-state index in [-0.39, 0.29) is 0 Å². The van der Waals surface area contributed by atoms with E-state index in [1.807, 2.05) is 43.3 Å². The first kappa shape index (κ1) is 14.6. The van der Waals surface area contributed by atoms with Crippen molar-refractivity contribution < 1.29 is 14.6 Å². The van der Waals surface area contributed by atoms with Crippen LogP contribution in [0.4, 0.5) is 0 Å². The van der Waals surface area contributed by atoms with Crippen molar-refractivity contribution in [2.45, 2.75) is 11.8 Å². The Labute approximate surface area is 123 Å². The van der Waals surface area contributed by atoms with Crippen molar-refractivity contribution in [1.82, 2.24) is 0 Å². The van der Waals surface area contributed by atoms with Crippen LogP contribution in [0, 0.1) is 0 Å². The molecule has 0 unspecified atom stereocenters. The standard InChI is InChI=1S/C16H18O3S/c1-2-18-14-5-7-15(8-6-14)19-11-12-20-16-9-3-13(17)4-10-16/h3-10,17H,2,11-12H2,1H3. The fraction of sp³-hybridized carbons (Fsp3) is 0.250. The predicted molar refractivity (Wildman–Crippen MR) is 81.9 cm³/mol. The molecule has 0 bridgehead atoms. The van der Waals surface area contributed by atoms with E-state index < -0.39 is 0 Å². The number of ether oxygens (including phenoxy) is 2. The molecule has 20 heavy (non-hydrogen) atoms. The average molecular weight is 290 g/mol. The maximum Gasteiger partial charge on any atom is 0.119 e. The third-order valence-electron chi connectivity index (χ3n) is 2.59. The number of rotatable bonds is 7. The van der Waals surface area contributed by atoms with Gasteiger partial charge >= 0.3 is 0 Å². The van der Waals surface area contributed by atoms with Crippen LogP contribution >= 0.6 is 11.8 Å². The van der Waals surface area contributed by atoms with Gasteiger partial charge in [-0.05, 0) is 55.5 Å². The fourth-order valence-corrected chi connectivity index (χ4v) is 2.39. The Kier molecular flexibility index (Phi) is 5.62. The van der Waals surface area contributed by atoms with E-state index in [2.05, 4.69) is 0 Å². The summed E-state index contributed by atoms with van der Waals surface area (Å²) in [5.74, 6) is 2.86. The normalized spacial score (nSPS) is 10.2. The number of phenolic OH excluding ortho intramolecular Hbond substituents is 1. The number of hydrogen-bond acceptors (Lipinski definition) is 4. The summed E-state index contributed by atoms with van der Waals surface area (Å²) in [5.41, 5.74) is 0. The van der Waals surface area contributed by atoms with E-state index in [1.165, 1.54) is 0 Å². The summed E-state index contributed by atoms with van der Waals surface area (Å²) < 4.78 is 11.0. The highest BCUT2D eigenvalue weighted by Gasteiger charge is 1.98. The van der Waals surface area contributed by atoms with Gasteiger partial charge in [-0.1, -0.05) is 0 Å². The lowest BCUT2D eigenvalue weighted by molar-refractivity contribution is 0.332. The number of hydrogen-bond donors (Lipinski definition) is 1. The van der Waals surface area contributed by atoms with Gasteiger partial charge in [-0.2, -0.15) is 0 Å². The van der Waals surface area contributed by atoms with Crippen molar-refractivity contribution in [2.75, 3.05) is 19.0 Å². The molecule has 0 aliphatic carbocycles. The summed E-state index contributed by atoms with van der Waals surface area (Å²) in [6.07, 6.45) is 0. The summed E-state index contributed by atoms with van der Waals surface area (Å²) in [7, 11) is 0. The van der Waals surface area contributed by atoms with Crippen LogP contribution in [0.2, 0.25) is 0 Å². The Morgan fingerprint density at radius 3 is 2.10 bits per heavy atom. The maximum atomic E-state index is 9.19. The first-order valence-corrected chi connectivity index (χ1v) is 7.54. The zero-order chi connectivity index (χ0) is 14.2. The minimum atomic E-state index is 0.292. The molecular formula is C16H18O3S. The van der Waals surface area contributed by atoms with Crippen molar-refractivity contribution in [3.63, 3.8) is 0 Å². The molecule has 0 fully saturated rings. The molecule has 2 aromatic carbocycles. The van der Waals surface area contributed by atoms with Crippen LogP contribution in [0.5, 0.6) is 17.2 Å². The van der Waals surface area contributed by atoms with Gasteiger partial charge in [0.05, 0.1) is 13.2 Å². The molecule has 0 heterocycles. The highest BCUT2D eigenvalue weighted by molar-refractivity contribution is 7.99. The van der Waals surface area contributed by atoms with Crippen molar-refractivity contribution in [3.8, 4) is 17.2 Å². The highest BCUT2D eigenvalue weighted by atomic mass is 32.2. The van der Waals surface area contributed by atoms with E-state index in [0.29, 0.717) is 19.0 Å². The van der Waals surface area contributed by atoms with Gasteiger partial charge in [-0.25, -0.2) is 0 Å². The van der Waals surface area contributed by atoms with E-state index in [0.717, 1.165) is 22.1 Å². The van der Waals surface area contributed by atoms with Crippen LogP contribution in [-0.4, -0.2) is 24.1 Å². The Balaban J connectivity index is 1.71. The van der Waals surface area contributed by atoms with Crippen LogP contribution in [0.25, 0.3) is 0 Å². The lowest BCUT2D eigenvalue weighted by Crippen LogP contribution is -2.00. The largest absolute Gasteiger partial charge is 0.508 e. The van der Waals surface area contributed by atoms with Gasteiger partial charge in [-0.3, -0.25) is 0 Å². The van der Waals surface area contributed by atoms with Crippen LogP contribution in [-0.2, 0) is 0 Å². The van der Waals surface area contributed by atoms with Gasteiger partial charge in [0.25, 0.3) is 0 Å². The van der Waals surface area contributed by atoms with Gasteiger partial charge in [-0.15, -0.1) is 11.8 Å². The zero-order valence-corrected chi connectivity index (χ0v) is 12.2. The summed E-state index contributed by atoms with van der Waals surface area (Å²) in [6.45, 7) is 3.27. The third kappa shape index (κ3) is 4.70. The van der Waals surface area contributed by atoms with E-state index in [9.17, 15) is 5.11 Å². The molecule has 0 amide bonds. The van der Waals surface area contributed by atoms with Crippen molar-refractivity contribution in [1.29, 1.82) is 0 Å². The Morgan fingerprint density at radius 1 is 0.900 bits per heavy atom. The second-order valence-corrected chi connectivity index (χ2v) is 5.26. The predicted octanol–water partition coefficient (Wildman–Crippen LogP) is 3.96. The molecule has 0 saturated heterocycles. The molecule has 1 N–H and O–H groups in total. The number of phenols is 1. The summed E-state index contributed by atoms with van der Waals surface area (Å²) in [5, 5.41) is 9.19. The third-order valence-corrected chi connectivity index (χ3v) is 3.57. The van der Waals surface area contributed by atoms with E-state index in [4.69, 9.17) is 9.47 Å². The Morgan fingerprint density at radius 2 is 1.50 bits per heavy atom. The van der Waals surface area contributed by atoms with Crippen LogP contribution < -0.4 is 9.47 Å². The van der Waals surface area contributed by atoms with Gasteiger partial charge in [0, 0.05) is 10.6 Å². The van der Waals surface area contributed by atoms with Crippen LogP contribution in [0.1, 0.15) is 6.92 Å². The SMILES string of the molecule is CCOc1ccc(OCCSc2ccc(O)cc2)cc1. The van der Waals surface area contributed by atoms with E-state index in [1.54, 1.807) is 23.9 Å². The first-order valence-electron chi connectivity index (χ1n) is 6.55. The molecule has 0 radical (unpaired) electrons. The maximum absolute atomic E-state index is 9.19. The zero-order valence-electron chi connectivity index (χ0n) is 11.4. The quantitative estimate of drug-likeness (QED) is 0.619. The van der Waals surface area contributed by atoms with Crippen LogP contribution in [0.15, 0.2) is 53.4 Å². The second-order valence-electron chi connectivity index (χ2n) is 4.10. The molecule has 2 rings (SSSR count). The molecule has 2 aromatic rings. The van der Waals surface area contributed by atoms with Gasteiger partial charge < -0.3 is 14.6 Å². The van der Waals surface area contributed by atoms with Crippen LogP contribution in [0.3, 0.4) is 0 Å². The molecule has 0 atom stereocenters. The topological polar surface area (TPSA) is 38.7 Å². The minimum Gasteiger partial charge on any atom is -0.508 e. The Hall–Kier alpha value is -1.81. The van der Waals surface area contributed by atoms with Crippen molar-refractivity contribution in [2.24, 2.45) is 0 Å². The fourth-order valence-electron chi connectivity index (χ4n) is 1.66. The van der Waals surface area contributed by atoms with Gasteiger partial charge in [0.2, 0.25) is 0 Å². The molecular weight excluding hydrogens is 272 g/mol. The number of thioether (sulfide) groups is 1. The molecule has 4 heteroatoms. The molecule has 0 aliphatic heterocycles. The lowest BCUT2D eigenvalue weighted by Gasteiger charge is -2.07. The van der Waals surface area contributed by atoms with E-state index >= 15 is 0 Å². The first-order chi connectivity index (χ1) is 9.78. The highest BCUT2D eigenvalue weighted by Crippen LogP contribution is 2.21. The average Bonchev–Trinajstić information content (AvgIpc) is 2.47. The molecule has 106 valence electrons. The summed E-state index contributed by atoms with van der Waals surface area (Å²) in [4.78, 5) is 1.12. The lowest BCUT2D eigenvalue weighted by atomic mass is 10.3. The van der Waals surface area contributed by atoms with Crippen molar-refractivity contribution in [3.05, 3.63) is 48.5 Å². The molecule has 0 aromatic heterocycles. The van der Waals surface area contributed by atoms with Gasteiger partial charge in [0.1, 0.15) is 17.2 Å².